The van der Waals surface area contributed by atoms with Crippen LogP contribution in [0.15, 0.2) is 18.2 Å². The number of carbonyl (C=O) groups is 1. The molecular weight excluding hydrogens is 300 g/mol. The van der Waals surface area contributed by atoms with Gasteiger partial charge in [0.1, 0.15) is 18.0 Å². The molecule has 0 radical (unpaired) electrons. The highest BCUT2D eigenvalue weighted by Gasteiger charge is 2.46. The minimum Gasteiger partial charge on any atom is -0.491 e. The van der Waals surface area contributed by atoms with Gasteiger partial charge in [-0.1, -0.05) is 0 Å². The van der Waals surface area contributed by atoms with Gasteiger partial charge in [-0.15, -0.1) is 0 Å². The summed E-state index contributed by atoms with van der Waals surface area (Å²) in [5.74, 6) is 0.577. The van der Waals surface area contributed by atoms with E-state index in [0.29, 0.717) is 17.9 Å². The molecule has 1 N–H and O–H groups in total. The molecule has 1 fully saturated rings. The van der Waals surface area contributed by atoms with Gasteiger partial charge in [0.05, 0.1) is 10.5 Å². The van der Waals surface area contributed by atoms with Gasteiger partial charge in [-0.2, -0.15) is 0 Å². The van der Waals surface area contributed by atoms with Crippen LogP contribution >= 0.6 is 0 Å². The van der Waals surface area contributed by atoms with Gasteiger partial charge >= 0.3 is 6.09 Å². The molecule has 1 aromatic carbocycles. The second kappa shape index (κ2) is 6.06. The fourth-order valence-electron chi connectivity index (χ4n) is 2.10. The zero-order chi connectivity index (χ0) is 17.3. The number of amides is 1. The third-order valence-electron chi connectivity index (χ3n) is 3.49. The largest absolute Gasteiger partial charge is 0.491 e. The molecule has 126 valence electrons. The summed E-state index contributed by atoms with van der Waals surface area (Å²) in [4.78, 5) is 22.1. The molecule has 1 aliphatic rings. The number of benzene rings is 1. The Morgan fingerprint density at radius 2 is 2.04 bits per heavy atom. The first-order valence-electron chi connectivity index (χ1n) is 7.49. The second-order valence-corrected chi connectivity index (χ2v) is 6.90. The molecule has 0 saturated heterocycles. The van der Waals surface area contributed by atoms with E-state index in [1.54, 1.807) is 13.0 Å². The van der Waals surface area contributed by atoms with E-state index in [2.05, 4.69) is 5.32 Å². The molecule has 1 amide bonds. The first-order valence-corrected chi connectivity index (χ1v) is 7.49. The third kappa shape index (κ3) is 4.84. The molecule has 0 aliphatic heterocycles. The number of nitro groups is 1. The Kier molecular flexibility index (Phi) is 4.49. The van der Waals surface area contributed by atoms with Crippen molar-refractivity contribution in [1.29, 1.82) is 0 Å². The Balaban J connectivity index is 1.93. The summed E-state index contributed by atoms with van der Waals surface area (Å²) < 4.78 is 11.0. The Labute approximate surface area is 135 Å². The van der Waals surface area contributed by atoms with Crippen molar-refractivity contribution >= 4 is 11.8 Å². The highest BCUT2D eigenvalue weighted by Crippen LogP contribution is 2.37. The molecule has 0 spiro atoms. The number of nitrogens with one attached hydrogen (secondary N) is 1. The average molecular weight is 322 g/mol. The van der Waals surface area contributed by atoms with Gasteiger partial charge in [0, 0.05) is 12.1 Å². The van der Waals surface area contributed by atoms with Crippen LogP contribution < -0.4 is 10.1 Å². The highest BCUT2D eigenvalue weighted by molar-refractivity contribution is 5.69. The van der Waals surface area contributed by atoms with Crippen LogP contribution in [-0.4, -0.2) is 28.8 Å². The van der Waals surface area contributed by atoms with Crippen molar-refractivity contribution in [2.24, 2.45) is 0 Å². The lowest BCUT2D eigenvalue weighted by Crippen LogP contribution is -2.44. The predicted octanol–water partition coefficient (Wildman–Crippen LogP) is 3.34. The smallest absolute Gasteiger partial charge is 0.408 e. The Morgan fingerprint density at radius 3 is 2.52 bits per heavy atom. The van der Waals surface area contributed by atoms with E-state index in [4.69, 9.17) is 9.47 Å². The number of alkyl carbamates (subject to hydrolysis) is 1. The molecule has 7 nitrogen and oxygen atoms in total. The van der Waals surface area contributed by atoms with Crippen LogP contribution in [0.1, 0.15) is 39.2 Å². The Bertz CT molecular complexity index is 617. The van der Waals surface area contributed by atoms with Crippen LogP contribution in [0.2, 0.25) is 0 Å². The van der Waals surface area contributed by atoms with Crippen molar-refractivity contribution in [3.8, 4) is 5.75 Å². The minimum atomic E-state index is -0.546. The minimum absolute atomic E-state index is 0.0304. The first kappa shape index (κ1) is 17.1. The number of hydrogen-bond donors (Lipinski definition) is 1. The van der Waals surface area contributed by atoms with Gasteiger partial charge in [-0.05, 0) is 52.2 Å². The van der Waals surface area contributed by atoms with Crippen molar-refractivity contribution in [3.05, 3.63) is 33.9 Å². The van der Waals surface area contributed by atoms with Gasteiger partial charge in [0.25, 0.3) is 5.69 Å². The zero-order valence-corrected chi connectivity index (χ0v) is 13.8. The number of carbonyl (C=O) groups excluding carboxylic acids is 1. The molecule has 1 saturated carbocycles. The van der Waals surface area contributed by atoms with E-state index in [1.165, 1.54) is 12.1 Å². The van der Waals surface area contributed by atoms with Crippen LogP contribution in [0.25, 0.3) is 0 Å². The van der Waals surface area contributed by atoms with E-state index < -0.39 is 22.2 Å². The van der Waals surface area contributed by atoms with Gasteiger partial charge in [0.15, 0.2) is 0 Å². The second-order valence-electron chi connectivity index (χ2n) is 6.90. The molecule has 23 heavy (non-hydrogen) atoms. The summed E-state index contributed by atoms with van der Waals surface area (Å²) in [6.45, 7) is 7.49. The average Bonchev–Trinajstić information content (AvgIpc) is 3.14. The zero-order valence-electron chi connectivity index (χ0n) is 13.8. The molecule has 0 atom stereocenters. The van der Waals surface area contributed by atoms with Gasteiger partial charge in [0.2, 0.25) is 0 Å². The summed E-state index contributed by atoms with van der Waals surface area (Å²) in [5.41, 5.74) is -0.234. The summed E-state index contributed by atoms with van der Waals surface area (Å²) in [6.07, 6.45) is 1.18. The fraction of sp³-hybridized carbons (Fsp3) is 0.562. The number of aryl methyl sites for hydroxylation is 1. The number of hydrogen-bond acceptors (Lipinski definition) is 5. The lowest BCUT2D eigenvalue weighted by Gasteiger charge is -2.23. The molecule has 0 aromatic heterocycles. The normalized spacial score (nSPS) is 15.7. The first-order chi connectivity index (χ1) is 10.6. The Morgan fingerprint density at radius 1 is 1.39 bits per heavy atom. The molecule has 7 heteroatoms. The summed E-state index contributed by atoms with van der Waals surface area (Å²) >= 11 is 0. The summed E-state index contributed by atoms with van der Waals surface area (Å²) in [5, 5.41) is 13.6. The third-order valence-corrected chi connectivity index (χ3v) is 3.49. The van der Waals surface area contributed by atoms with E-state index >= 15 is 0 Å². The van der Waals surface area contributed by atoms with Gasteiger partial charge in [-0.25, -0.2) is 4.79 Å². The van der Waals surface area contributed by atoms with E-state index in [-0.39, 0.29) is 5.69 Å². The predicted molar refractivity (Wildman–Crippen MR) is 84.7 cm³/mol. The number of non-ortho nitro benzene ring substituents is 1. The maximum atomic E-state index is 11.8. The van der Waals surface area contributed by atoms with Crippen molar-refractivity contribution in [1.82, 2.24) is 5.32 Å². The number of nitrogens with zero attached hydrogens (tertiary/aromatic N) is 1. The molecule has 1 aliphatic carbocycles. The topological polar surface area (TPSA) is 90.7 Å². The van der Waals surface area contributed by atoms with Crippen LogP contribution in [0.3, 0.4) is 0 Å². The van der Waals surface area contributed by atoms with E-state index in [0.717, 1.165) is 12.8 Å². The summed E-state index contributed by atoms with van der Waals surface area (Å²) in [6, 6.07) is 4.45. The fourth-order valence-corrected chi connectivity index (χ4v) is 2.10. The molecular formula is C16H22N2O5. The lowest BCUT2D eigenvalue weighted by atomic mass is 10.2. The van der Waals surface area contributed by atoms with Gasteiger partial charge in [-0.3, -0.25) is 10.1 Å². The molecule has 0 heterocycles. The molecule has 0 unspecified atom stereocenters. The van der Waals surface area contributed by atoms with Crippen LogP contribution in [0, 0.1) is 17.0 Å². The maximum Gasteiger partial charge on any atom is 0.408 e. The SMILES string of the molecule is Cc1cc([N+](=O)[O-])ccc1OCC1(NC(=O)OC(C)(C)C)CC1. The maximum absolute atomic E-state index is 11.8. The van der Waals surface area contributed by atoms with Crippen molar-refractivity contribution in [2.45, 2.75) is 51.7 Å². The summed E-state index contributed by atoms with van der Waals surface area (Å²) in [7, 11) is 0. The van der Waals surface area contributed by atoms with Crippen LogP contribution in [0.5, 0.6) is 5.75 Å². The number of rotatable bonds is 5. The molecule has 2 rings (SSSR count). The van der Waals surface area contributed by atoms with Crippen LogP contribution in [-0.2, 0) is 4.74 Å². The Hall–Kier alpha value is -2.31. The number of ether oxygens (including phenoxy) is 2. The standard InChI is InChI=1S/C16H22N2O5/c1-11-9-12(18(20)21)5-6-13(11)22-10-16(7-8-16)17-14(19)23-15(2,3)4/h5-6,9H,7-8,10H2,1-4H3,(H,17,19). The van der Waals surface area contributed by atoms with Gasteiger partial charge < -0.3 is 14.8 Å². The quantitative estimate of drug-likeness (QED) is 0.663. The highest BCUT2D eigenvalue weighted by atomic mass is 16.6. The number of nitro benzene ring substituents is 1. The monoisotopic (exact) mass is 322 g/mol. The molecule has 1 aromatic rings. The van der Waals surface area contributed by atoms with E-state index in [9.17, 15) is 14.9 Å². The lowest BCUT2D eigenvalue weighted by molar-refractivity contribution is -0.384. The van der Waals surface area contributed by atoms with Crippen molar-refractivity contribution in [2.75, 3.05) is 6.61 Å². The van der Waals surface area contributed by atoms with Crippen LogP contribution in [0.4, 0.5) is 10.5 Å². The molecule has 0 bridgehead atoms. The van der Waals surface area contributed by atoms with Crippen molar-refractivity contribution < 1.29 is 19.2 Å². The van der Waals surface area contributed by atoms with E-state index in [1.807, 2.05) is 20.8 Å². The van der Waals surface area contributed by atoms with Crippen molar-refractivity contribution in [3.63, 3.8) is 0 Å².